The topological polar surface area (TPSA) is 134 Å². The van der Waals surface area contributed by atoms with Crippen LogP contribution < -0.4 is 0 Å². The van der Waals surface area contributed by atoms with Crippen LogP contribution in [0.5, 0.6) is 0 Å². The van der Waals surface area contributed by atoms with Crippen LogP contribution in [0.4, 0.5) is 0 Å². The third kappa shape index (κ3) is 5.32. The first-order valence-electron chi connectivity index (χ1n) is 9.03. The third-order valence-corrected chi connectivity index (χ3v) is 4.52. The average molecular weight is 399 g/mol. The molecule has 2 N–H and O–H groups in total. The lowest BCUT2D eigenvalue weighted by Crippen LogP contribution is -2.58. The Hall–Kier alpha value is -2.94. The molecule has 0 aromatic heterocycles. The number of aliphatic hydroxyl groups is 2. The van der Waals surface area contributed by atoms with Gasteiger partial charge in [-0.2, -0.15) is 0 Å². The fourth-order valence-electron chi connectivity index (χ4n) is 3.02. The van der Waals surface area contributed by atoms with Gasteiger partial charge in [-0.1, -0.05) is 53.6 Å². The molecule has 1 saturated heterocycles. The van der Waals surface area contributed by atoms with Crippen molar-refractivity contribution in [1.29, 1.82) is 0 Å². The summed E-state index contributed by atoms with van der Waals surface area (Å²) < 4.78 is 16.3. The number of hydrogen-bond acceptors (Lipinski definition) is 7. The quantitative estimate of drug-likeness (QED) is 0.317. The zero-order chi connectivity index (χ0) is 20.6. The van der Waals surface area contributed by atoms with E-state index in [-0.39, 0.29) is 13.2 Å². The SMILES string of the molecule is [N-]=[N+]=N[C@@H]1[C@@H](OCc2ccccc2)[C@H](O)[C@@H](COC(=O)c2ccccc2)O[C@@H]1O. The van der Waals surface area contributed by atoms with Crippen molar-refractivity contribution in [2.45, 2.75) is 37.3 Å². The normalized spacial score (nSPS) is 26.3. The van der Waals surface area contributed by atoms with Crippen molar-refractivity contribution in [3.05, 3.63) is 82.2 Å². The number of aliphatic hydroxyl groups excluding tert-OH is 2. The van der Waals surface area contributed by atoms with Gasteiger partial charge in [0, 0.05) is 4.91 Å². The molecule has 0 saturated carbocycles. The smallest absolute Gasteiger partial charge is 0.338 e. The maximum Gasteiger partial charge on any atom is 0.338 e. The minimum Gasteiger partial charge on any atom is -0.459 e. The molecule has 2 aromatic carbocycles. The van der Waals surface area contributed by atoms with Gasteiger partial charge in [-0.3, -0.25) is 0 Å². The summed E-state index contributed by atoms with van der Waals surface area (Å²) in [5.41, 5.74) is 9.97. The van der Waals surface area contributed by atoms with E-state index in [0.29, 0.717) is 5.56 Å². The second-order valence-electron chi connectivity index (χ2n) is 6.48. The highest BCUT2D eigenvalue weighted by Gasteiger charge is 2.45. The molecular formula is C20H21N3O6. The van der Waals surface area contributed by atoms with E-state index in [1.54, 1.807) is 30.3 Å². The fraction of sp³-hybridized carbons (Fsp3) is 0.350. The molecule has 152 valence electrons. The second kappa shape index (κ2) is 10.0. The predicted octanol–water partition coefficient (Wildman–Crippen LogP) is 2.19. The minimum atomic E-state index is -1.52. The molecule has 1 fully saturated rings. The monoisotopic (exact) mass is 399 g/mol. The molecule has 5 atom stereocenters. The number of hydrogen-bond donors (Lipinski definition) is 2. The molecule has 0 radical (unpaired) electrons. The Morgan fingerprint density at radius 3 is 2.41 bits per heavy atom. The molecule has 3 rings (SSSR count). The number of benzene rings is 2. The number of nitrogens with zero attached hydrogens (tertiary/aromatic N) is 3. The van der Waals surface area contributed by atoms with Crippen molar-refractivity contribution in [2.24, 2.45) is 5.11 Å². The molecule has 9 nitrogen and oxygen atoms in total. The highest BCUT2D eigenvalue weighted by atomic mass is 16.6. The molecule has 1 aliphatic heterocycles. The summed E-state index contributed by atoms with van der Waals surface area (Å²) in [4.78, 5) is 14.8. The average Bonchev–Trinajstić information content (AvgIpc) is 2.76. The molecule has 0 aliphatic carbocycles. The summed E-state index contributed by atoms with van der Waals surface area (Å²) in [5.74, 6) is -0.588. The molecule has 1 heterocycles. The van der Waals surface area contributed by atoms with Gasteiger partial charge in [-0.05, 0) is 23.2 Å². The summed E-state index contributed by atoms with van der Waals surface area (Å²) in [5, 5.41) is 24.4. The molecule has 0 unspecified atom stereocenters. The zero-order valence-corrected chi connectivity index (χ0v) is 15.4. The number of azide groups is 1. The van der Waals surface area contributed by atoms with Gasteiger partial charge in [0.05, 0.1) is 18.3 Å². The van der Waals surface area contributed by atoms with Crippen LogP contribution in [0, 0.1) is 0 Å². The number of rotatable bonds is 7. The molecule has 29 heavy (non-hydrogen) atoms. The molecule has 0 amide bonds. The van der Waals surface area contributed by atoms with E-state index in [4.69, 9.17) is 19.7 Å². The van der Waals surface area contributed by atoms with Crippen LogP contribution in [-0.2, 0) is 20.8 Å². The van der Waals surface area contributed by atoms with Crippen molar-refractivity contribution in [2.75, 3.05) is 6.61 Å². The fourth-order valence-corrected chi connectivity index (χ4v) is 3.02. The highest BCUT2D eigenvalue weighted by molar-refractivity contribution is 5.89. The Morgan fingerprint density at radius 2 is 1.76 bits per heavy atom. The lowest BCUT2D eigenvalue weighted by atomic mass is 9.97. The van der Waals surface area contributed by atoms with Crippen LogP contribution in [0.15, 0.2) is 65.8 Å². The van der Waals surface area contributed by atoms with Crippen molar-refractivity contribution in [3.63, 3.8) is 0 Å². The van der Waals surface area contributed by atoms with Gasteiger partial charge >= 0.3 is 5.97 Å². The standard InChI is InChI=1S/C20H21N3O6/c21-23-22-16-18(27-11-13-7-3-1-4-8-13)17(24)15(29-20(16)26)12-28-19(25)14-9-5-2-6-10-14/h1-10,15-18,20,24,26H,11-12H2/t15-,16-,17-,18-,20+/m1/s1. The van der Waals surface area contributed by atoms with E-state index in [2.05, 4.69) is 10.0 Å². The largest absolute Gasteiger partial charge is 0.459 e. The van der Waals surface area contributed by atoms with Gasteiger partial charge < -0.3 is 24.4 Å². The maximum atomic E-state index is 12.1. The van der Waals surface area contributed by atoms with E-state index in [0.717, 1.165) is 5.56 Å². The predicted molar refractivity (Wildman–Crippen MR) is 102 cm³/mol. The van der Waals surface area contributed by atoms with E-state index in [9.17, 15) is 15.0 Å². The maximum absolute atomic E-state index is 12.1. The first kappa shape index (κ1) is 20.8. The van der Waals surface area contributed by atoms with Gasteiger partial charge in [-0.25, -0.2) is 4.79 Å². The summed E-state index contributed by atoms with van der Waals surface area (Å²) in [6.45, 7) is -0.177. The first-order valence-corrected chi connectivity index (χ1v) is 9.03. The highest BCUT2D eigenvalue weighted by Crippen LogP contribution is 2.26. The van der Waals surface area contributed by atoms with E-state index in [1.807, 2.05) is 30.3 Å². The van der Waals surface area contributed by atoms with Crippen molar-refractivity contribution >= 4 is 5.97 Å². The summed E-state index contributed by atoms with van der Waals surface area (Å²) >= 11 is 0. The van der Waals surface area contributed by atoms with E-state index < -0.39 is 36.6 Å². The van der Waals surface area contributed by atoms with Crippen LogP contribution in [0.1, 0.15) is 15.9 Å². The number of ether oxygens (including phenoxy) is 3. The van der Waals surface area contributed by atoms with Crippen LogP contribution in [0.3, 0.4) is 0 Å². The number of carbonyl (C=O) groups excluding carboxylic acids is 1. The molecule has 9 heteroatoms. The van der Waals surface area contributed by atoms with Crippen molar-refractivity contribution in [3.8, 4) is 0 Å². The lowest BCUT2D eigenvalue weighted by molar-refractivity contribution is -0.258. The van der Waals surface area contributed by atoms with Gasteiger partial charge in [0.1, 0.15) is 24.9 Å². The Labute approximate surface area is 167 Å². The lowest BCUT2D eigenvalue weighted by Gasteiger charge is -2.40. The van der Waals surface area contributed by atoms with Gasteiger partial charge in [0.15, 0.2) is 6.29 Å². The Balaban J connectivity index is 1.67. The molecule has 0 bridgehead atoms. The zero-order valence-electron chi connectivity index (χ0n) is 15.4. The molecular weight excluding hydrogens is 378 g/mol. The summed E-state index contributed by atoms with van der Waals surface area (Å²) in [7, 11) is 0. The van der Waals surface area contributed by atoms with Gasteiger partial charge in [0.2, 0.25) is 0 Å². The van der Waals surface area contributed by atoms with E-state index in [1.165, 1.54) is 0 Å². The van der Waals surface area contributed by atoms with E-state index >= 15 is 0 Å². The van der Waals surface area contributed by atoms with Crippen molar-refractivity contribution < 1.29 is 29.2 Å². The molecule has 2 aromatic rings. The summed E-state index contributed by atoms with van der Waals surface area (Å²) in [6, 6.07) is 16.4. The molecule has 0 spiro atoms. The van der Waals surface area contributed by atoms with Crippen molar-refractivity contribution in [1.82, 2.24) is 0 Å². The third-order valence-electron chi connectivity index (χ3n) is 4.52. The Kier molecular flexibility index (Phi) is 7.18. The van der Waals surface area contributed by atoms with Gasteiger partial charge in [0.25, 0.3) is 0 Å². The first-order chi connectivity index (χ1) is 14.1. The second-order valence-corrected chi connectivity index (χ2v) is 6.48. The van der Waals surface area contributed by atoms with Gasteiger partial charge in [-0.15, -0.1) is 0 Å². The molecule has 1 aliphatic rings. The van der Waals surface area contributed by atoms with Crippen LogP contribution in [0.2, 0.25) is 0 Å². The van der Waals surface area contributed by atoms with Crippen LogP contribution in [-0.4, -0.2) is 53.4 Å². The Morgan fingerprint density at radius 1 is 1.10 bits per heavy atom. The van der Waals surface area contributed by atoms with Crippen LogP contribution >= 0.6 is 0 Å². The minimum absolute atomic E-state index is 0.128. The Bertz CT molecular complexity index is 844. The number of carbonyl (C=O) groups is 1. The summed E-state index contributed by atoms with van der Waals surface area (Å²) in [6.07, 6.45) is -4.91. The number of esters is 1. The van der Waals surface area contributed by atoms with Crippen LogP contribution in [0.25, 0.3) is 10.4 Å².